The number of amides is 1. The Bertz CT molecular complexity index is 533. The number of rotatable bonds is 6. The van der Waals surface area contributed by atoms with Gasteiger partial charge < -0.3 is 5.32 Å². The predicted molar refractivity (Wildman–Crippen MR) is 95.4 cm³/mol. The summed E-state index contributed by atoms with van der Waals surface area (Å²) >= 11 is 0. The van der Waals surface area contributed by atoms with Gasteiger partial charge in [0, 0.05) is 12.5 Å². The summed E-state index contributed by atoms with van der Waals surface area (Å²) in [5.41, 5.74) is 2.63. The molecule has 1 aromatic rings. The lowest BCUT2D eigenvalue weighted by Gasteiger charge is -2.28. The molecule has 0 spiro atoms. The van der Waals surface area contributed by atoms with Crippen molar-refractivity contribution in [1.82, 2.24) is 5.32 Å². The van der Waals surface area contributed by atoms with Crippen molar-refractivity contribution in [3.05, 3.63) is 35.4 Å². The first-order valence-electron chi connectivity index (χ1n) is 9.41. The van der Waals surface area contributed by atoms with Crippen LogP contribution in [0.1, 0.15) is 69.9 Å². The second-order valence-corrected chi connectivity index (χ2v) is 8.09. The summed E-state index contributed by atoms with van der Waals surface area (Å²) in [4.78, 5) is 12.3. The monoisotopic (exact) mass is 313 g/mol. The third-order valence-electron chi connectivity index (χ3n) is 6.11. The first kappa shape index (κ1) is 16.5. The Hall–Kier alpha value is -1.31. The molecule has 2 aliphatic carbocycles. The maximum atomic E-state index is 12.3. The number of aryl methyl sites for hydroxylation is 1. The highest BCUT2D eigenvalue weighted by molar-refractivity contribution is 5.76. The highest BCUT2D eigenvalue weighted by Crippen LogP contribution is 2.49. The van der Waals surface area contributed by atoms with Crippen LogP contribution in [0, 0.1) is 17.8 Å². The lowest BCUT2D eigenvalue weighted by molar-refractivity contribution is -0.122. The molecule has 2 heteroatoms. The van der Waals surface area contributed by atoms with Crippen LogP contribution >= 0.6 is 0 Å². The highest BCUT2D eigenvalue weighted by atomic mass is 16.1. The lowest BCUT2D eigenvalue weighted by atomic mass is 9.84. The van der Waals surface area contributed by atoms with Crippen molar-refractivity contribution in [1.29, 1.82) is 0 Å². The van der Waals surface area contributed by atoms with Crippen LogP contribution < -0.4 is 5.32 Å². The fourth-order valence-corrected chi connectivity index (χ4v) is 4.67. The van der Waals surface area contributed by atoms with Crippen molar-refractivity contribution in [3.63, 3.8) is 0 Å². The van der Waals surface area contributed by atoms with Gasteiger partial charge in [-0.25, -0.2) is 0 Å². The zero-order valence-corrected chi connectivity index (χ0v) is 14.8. The van der Waals surface area contributed by atoms with Crippen LogP contribution in [0.5, 0.6) is 0 Å². The Labute approximate surface area is 141 Å². The van der Waals surface area contributed by atoms with Gasteiger partial charge in [-0.05, 0) is 67.4 Å². The van der Waals surface area contributed by atoms with Gasteiger partial charge in [0.2, 0.25) is 5.91 Å². The number of carbonyl (C=O) groups is 1. The molecular formula is C21H31NO. The van der Waals surface area contributed by atoms with Gasteiger partial charge in [0.25, 0.3) is 0 Å². The van der Waals surface area contributed by atoms with E-state index in [-0.39, 0.29) is 5.91 Å². The lowest BCUT2D eigenvalue weighted by Crippen LogP contribution is -2.40. The van der Waals surface area contributed by atoms with Gasteiger partial charge in [0.15, 0.2) is 0 Å². The van der Waals surface area contributed by atoms with E-state index in [4.69, 9.17) is 0 Å². The van der Waals surface area contributed by atoms with Crippen LogP contribution in [0.25, 0.3) is 0 Å². The summed E-state index contributed by atoms with van der Waals surface area (Å²) < 4.78 is 0. The van der Waals surface area contributed by atoms with Crippen molar-refractivity contribution in [2.45, 2.75) is 71.3 Å². The van der Waals surface area contributed by atoms with E-state index in [9.17, 15) is 4.79 Å². The SMILES string of the molecule is CC(C)c1ccc(CCC(=O)N[C@H](C)[C@@H]2C[C@@H]3CC[C@@H]2C3)cc1. The van der Waals surface area contributed by atoms with Crippen molar-refractivity contribution in [3.8, 4) is 0 Å². The molecule has 2 aliphatic rings. The van der Waals surface area contributed by atoms with E-state index < -0.39 is 0 Å². The van der Waals surface area contributed by atoms with Crippen molar-refractivity contribution in [2.75, 3.05) is 0 Å². The van der Waals surface area contributed by atoms with Crippen LogP contribution in [0.4, 0.5) is 0 Å². The second-order valence-electron chi connectivity index (χ2n) is 8.09. The number of nitrogens with one attached hydrogen (secondary N) is 1. The van der Waals surface area contributed by atoms with Gasteiger partial charge in [-0.1, -0.05) is 44.5 Å². The first-order chi connectivity index (χ1) is 11.0. The van der Waals surface area contributed by atoms with E-state index in [1.54, 1.807) is 0 Å². The van der Waals surface area contributed by atoms with Gasteiger partial charge in [-0.2, -0.15) is 0 Å². The number of hydrogen-bond donors (Lipinski definition) is 1. The van der Waals surface area contributed by atoms with Gasteiger partial charge in [-0.3, -0.25) is 4.79 Å². The number of fused-ring (bicyclic) bond motifs is 2. The zero-order valence-electron chi connectivity index (χ0n) is 14.8. The molecule has 2 saturated carbocycles. The van der Waals surface area contributed by atoms with E-state index in [0.717, 1.165) is 24.2 Å². The summed E-state index contributed by atoms with van der Waals surface area (Å²) in [6.45, 7) is 6.62. The van der Waals surface area contributed by atoms with E-state index >= 15 is 0 Å². The molecule has 1 aromatic carbocycles. The molecule has 0 radical (unpaired) electrons. The molecule has 2 bridgehead atoms. The Balaban J connectivity index is 1.44. The largest absolute Gasteiger partial charge is 0.353 e. The minimum absolute atomic E-state index is 0.216. The molecule has 2 fully saturated rings. The minimum Gasteiger partial charge on any atom is -0.353 e. The molecule has 2 nitrogen and oxygen atoms in total. The maximum Gasteiger partial charge on any atom is 0.220 e. The smallest absolute Gasteiger partial charge is 0.220 e. The first-order valence-corrected chi connectivity index (χ1v) is 9.41. The molecule has 1 amide bonds. The van der Waals surface area contributed by atoms with Crippen molar-refractivity contribution < 1.29 is 4.79 Å². The van der Waals surface area contributed by atoms with Gasteiger partial charge in [-0.15, -0.1) is 0 Å². The molecule has 126 valence electrons. The number of hydrogen-bond acceptors (Lipinski definition) is 1. The molecule has 3 rings (SSSR count). The maximum absolute atomic E-state index is 12.3. The molecule has 23 heavy (non-hydrogen) atoms. The average molecular weight is 313 g/mol. The van der Waals surface area contributed by atoms with Crippen LogP contribution in [0.3, 0.4) is 0 Å². The molecule has 0 saturated heterocycles. The zero-order chi connectivity index (χ0) is 16.4. The van der Waals surface area contributed by atoms with Crippen LogP contribution in [-0.4, -0.2) is 11.9 Å². The molecule has 0 aliphatic heterocycles. The van der Waals surface area contributed by atoms with E-state index in [0.29, 0.717) is 18.4 Å². The fourth-order valence-electron chi connectivity index (χ4n) is 4.67. The third kappa shape index (κ3) is 3.97. The standard InChI is InChI=1S/C21H31NO/c1-14(2)18-8-4-16(5-9-18)7-11-21(23)22-15(3)20-13-17-6-10-19(20)12-17/h4-5,8-9,14-15,17,19-20H,6-7,10-13H2,1-3H3,(H,22,23)/t15-,17-,19-,20+/m1/s1. The van der Waals surface area contributed by atoms with Gasteiger partial charge in [0.05, 0.1) is 0 Å². The molecule has 0 aromatic heterocycles. The Morgan fingerprint density at radius 2 is 1.87 bits per heavy atom. The van der Waals surface area contributed by atoms with E-state index in [1.807, 2.05) is 0 Å². The quantitative estimate of drug-likeness (QED) is 0.811. The van der Waals surface area contributed by atoms with Gasteiger partial charge >= 0.3 is 0 Å². The van der Waals surface area contributed by atoms with E-state index in [2.05, 4.69) is 50.4 Å². The topological polar surface area (TPSA) is 29.1 Å². The van der Waals surface area contributed by atoms with Gasteiger partial charge in [0.1, 0.15) is 0 Å². The van der Waals surface area contributed by atoms with E-state index in [1.165, 1.54) is 36.8 Å². The average Bonchev–Trinajstić information content (AvgIpc) is 3.16. The number of benzene rings is 1. The van der Waals surface area contributed by atoms with Crippen LogP contribution in [0.15, 0.2) is 24.3 Å². The summed E-state index contributed by atoms with van der Waals surface area (Å²) in [6.07, 6.45) is 7.00. The number of carbonyl (C=O) groups excluding carboxylic acids is 1. The fraction of sp³-hybridized carbons (Fsp3) is 0.667. The normalized spacial score (nSPS) is 27.4. The molecule has 1 N–H and O–H groups in total. The Morgan fingerprint density at radius 3 is 2.43 bits per heavy atom. The highest BCUT2D eigenvalue weighted by Gasteiger charge is 2.41. The third-order valence-corrected chi connectivity index (χ3v) is 6.11. The predicted octanol–water partition coefficient (Wildman–Crippen LogP) is 4.68. The van der Waals surface area contributed by atoms with Crippen molar-refractivity contribution >= 4 is 5.91 Å². The summed E-state index contributed by atoms with van der Waals surface area (Å²) in [6, 6.07) is 9.07. The molecule has 0 unspecified atom stereocenters. The minimum atomic E-state index is 0.216. The summed E-state index contributed by atoms with van der Waals surface area (Å²) in [5.74, 6) is 3.33. The van der Waals surface area contributed by atoms with Crippen LogP contribution in [0.2, 0.25) is 0 Å². The summed E-state index contributed by atoms with van der Waals surface area (Å²) in [7, 11) is 0. The van der Waals surface area contributed by atoms with Crippen LogP contribution in [-0.2, 0) is 11.2 Å². The second kappa shape index (κ2) is 7.07. The van der Waals surface area contributed by atoms with Crippen molar-refractivity contribution in [2.24, 2.45) is 17.8 Å². The molecular weight excluding hydrogens is 282 g/mol. The molecule has 0 heterocycles. The molecule has 4 atom stereocenters. The Morgan fingerprint density at radius 1 is 1.13 bits per heavy atom. The summed E-state index contributed by atoms with van der Waals surface area (Å²) in [5, 5.41) is 3.27. The Kier molecular flexibility index (Phi) is 5.08.